The van der Waals surface area contributed by atoms with Gasteiger partial charge in [0.15, 0.2) is 0 Å². The average molecular weight is 315 g/mol. The fourth-order valence-corrected chi connectivity index (χ4v) is 22.4. The van der Waals surface area contributed by atoms with Crippen LogP contribution in [0.1, 0.15) is 0 Å². The van der Waals surface area contributed by atoms with Crippen molar-refractivity contribution >= 4 is 30.9 Å². The van der Waals surface area contributed by atoms with Crippen LogP contribution in [0.3, 0.4) is 0 Å². The third-order valence-corrected chi connectivity index (χ3v) is 17.7. The molecule has 0 heterocycles. The predicted octanol–water partition coefficient (Wildman–Crippen LogP) is 4.61. The zero-order valence-corrected chi connectivity index (χ0v) is 16.2. The molecule has 0 spiro atoms. The van der Waals surface area contributed by atoms with Crippen LogP contribution in [-0.2, 0) is 0 Å². The Bertz CT molecular complexity index is 396. The molecule has 6 heteroatoms. The minimum Gasteiger partial charge on any atom is -0.375 e. The van der Waals surface area contributed by atoms with Crippen LogP contribution < -0.4 is 4.98 Å². The van der Waals surface area contributed by atoms with Crippen LogP contribution in [0.5, 0.6) is 0 Å². The van der Waals surface area contributed by atoms with Gasteiger partial charge in [0.05, 0.1) is 0 Å². The predicted molar refractivity (Wildman–Crippen MR) is 91.3 cm³/mol. The van der Waals surface area contributed by atoms with E-state index >= 15 is 4.11 Å². The van der Waals surface area contributed by atoms with Gasteiger partial charge in [-0.1, -0.05) is 57.5 Å². The number of hydrogen-bond donors (Lipinski definition) is 1. The van der Waals surface area contributed by atoms with Gasteiger partial charge in [-0.2, -0.15) is 0 Å². The molecule has 1 aromatic carbocycles. The van der Waals surface area contributed by atoms with Crippen LogP contribution in [-0.4, -0.2) is 29.1 Å². The molecule has 2 nitrogen and oxygen atoms in total. The Morgan fingerprint density at radius 2 is 1.26 bits per heavy atom. The second-order valence-electron chi connectivity index (χ2n) is 7.12. The molecule has 0 amide bonds. The van der Waals surface area contributed by atoms with Crippen molar-refractivity contribution in [3.05, 3.63) is 30.3 Å². The van der Waals surface area contributed by atoms with Gasteiger partial charge in [0.25, 0.3) is 0 Å². The Hall–Kier alpha value is -0.439. The van der Waals surface area contributed by atoms with Gasteiger partial charge < -0.3 is 8.88 Å². The van der Waals surface area contributed by atoms with E-state index in [-0.39, 0.29) is 0 Å². The van der Waals surface area contributed by atoms with Crippen LogP contribution in [0, 0.1) is 0 Å². The number of anilines is 1. The van der Waals surface area contributed by atoms with E-state index in [2.05, 4.69) is 48.2 Å². The lowest BCUT2D eigenvalue weighted by Crippen LogP contribution is -2.72. The Morgan fingerprint density at radius 1 is 0.842 bits per heavy atom. The Kier molecular flexibility index (Phi) is 4.82. The first kappa shape index (κ1) is 16.6. The molecule has 0 saturated heterocycles. The van der Waals surface area contributed by atoms with Gasteiger partial charge in [-0.3, -0.25) is 4.11 Å². The van der Waals surface area contributed by atoms with E-state index in [4.69, 9.17) is 0 Å². The first-order valence-electron chi connectivity index (χ1n) is 6.77. The topological polar surface area (TPSA) is 15.3 Å². The molecule has 0 saturated carbocycles. The number of rotatable bonds is 5. The SMILES string of the molecule is C[Si](C)(C)N([Si](C)(C)C)[Si](C)(F)Nc1ccccc1. The van der Waals surface area contributed by atoms with E-state index in [1.54, 1.807) is 6.55 Å². The molecule has 0 radical (unpaired) electrons. The van der Waals surface area contributed by atoms with Crippen molar-refractivity contribution in [3.8, 4) is 0 Å². The summed E-state index contributed by atoms with van der Waals surface area (Å²) in [6.45, 7) is 15.2. The third kappa shape index (κ3) is 4.55. The number of para-hydroxylation sites is 1. The van der Waals surface area contributed by atoms with Gasteiger partial charge in [-0.15, -0.1) is 0 Å². The van der Waals surface area contributed by atoms with Crippen molar-refractivity contribution in [2.45, 2.75) is 45.8 Å². The fourth-order valence-electron chi connectivity index (χ4n) is 3.11. The second-order valence-corrected chi connectivity index (χ2v) is 20.6. The third-order valence-electron chi connectivity index (χ3n) is 2.91. The molecule has 1 atom stereocenters. The number of nitrogens with one attached hydrogen (secondary N) is 1. The number of benzene rings is 1. The molecule has 1 rings (SSSR count). The molecule has 0 fully saturated rings. The second kappa shape index (κ2) is 5.51. The standard InChI is InChI=1S/C13H27FN2Si3/c1-17(2,3)16(18(4,5)6)19(7,14)15-13-11-9-8-10-12-13/h8-12,15H,1-7H3. The normalized spacial score (nSPS) is 16.3. The highest BCUT2D eigenvalue weighted by Gasteiger charge is 2.49. The van der Waals surface area contributed by atoms with Crippen LogP contribution in [0.15, 0.2) is 30.3 Å². The molecule has 19 heavy (non-hydrogen) atoms. The van der Waals surface area contributed by atoms with Crippen molar-refractivity contribution < 1.29 is 4.11 Å². The zero-order valence-electron chi connectivity index (χ0n) is 13.2. The van der Waals surface area contributed by atoms with Gasteiger partial charge >= 0.3 is 8.73 Å². The quantitative estimate of drug-likeness (QED) is 0.631. The molecule has 0 aliphatic heterocycles. The van der Waals surface area contributed by atoms with Gasteiger partial charge in [-0.25, -0.2) is 0 Å². The molecule has 0 aromatic heterocycles. The first-order valence-corrected chi connectivity index (χ1v) is 16.0. The van der Waals surface area contributed by atoms with Crippen LogP contribution in [0.4, 0.5) is 9.80 Å². The lowest BCUT2D eigenvalue weighted by molar-refractivity contribution is 0.689. The maximum absolute atomic E-state index is 15.5. The maximum atomic E-state index is 15.5. The van der Waals surface area contributed by atoms with Gasteiger partial charge in [-0.05, 0) is 18.7 Å². The molecule has 0 aliphatic carbocycles. The van der Waals surface area contributed by atoms with Crippen molar-refractivity contribution in [2.24, 2.45) is 0 Å². The van der Waals surface area contributed by atoms with Gasteiger partial charge in [0.2, 0.25) is 0 Å². The summed E-state index contributed by atoms with van der Waals surface area (Å²) in [4.78, 5) is 3.20. The molecule has 1 unspecified atom stereocenters. The zero-order chi connectivity index (χ0) is 14.9. The van der Waals surface area contributed by atoms with Crippen molar-refractivity contribution in [1.29, 1.82) is 0 Å². The van der Waals surface area contributed by atoms with E-state index in [9.17, 15) is 0 Å². The molecule has 1 aromatic rings. The summed E-state index contributed by atoms with van der Waals surface area (Å²) in [5.41, 5.74) is 0.890. The van der Waals surface area contributed by atoms with Crippen molar-refractivity contribution in [2.75, 3.05) is 4.98 Å². The summed E-state index contributed by atoms with van der Waals surface area (Å²) >= 11 is 0. The lowest BCUT2D eigenvalue weighted by Gasteiger charge is -2.49. The van der Waals surface area contributed by atoms with Crippen molar-refractivity contribution in [3.63, 3.8) is 0 Å². The average Bonchev–Trinajstić information content (AvgIpc) is 2.11. The highest BCUT2D eigenvalue weighted by molar-refractivity contribution is 7.03. The van der Waals surface area contributed by atoms with Crippen LogP contribution in [0.25, 0.3) is 0 Å². The minimum atomic E-state index is -3.14. The van der Waals surface area contributed by atoms with E-state index < -0.39 is 25.2 Å². The smallest absolute Gasteiger partial charge is 0.375 e. The number of halogens is 1. The summed E-state index contributed by atoms with van der Waals surface area (Å²) in [6.07, 6.45) is 0. The molecule has 0 aliphatic rings. The van der Waals surface area contributed by atoms with Gasteiger partial charge in [0, 0.05) is 5.69 Å². The Morgan fingerprint density at radius 3 is 1.63 bits per heavy atom. The molecule has 0 bridgehead atoms. The van der Waals surface area contributed by atoms with Crippen LogP contribution in [0.2, 0.25) is 45.8 Å². The highest BCUT2D eigenvalue weighted by atomic mass is 28.5. The fraction of sp³-hybridized carbons (Fsp3) is 0.538. The number of nitrogens with zero attached hydrogens (tertiary/aromatic N) is 1. The lowest BCUT2D eigenvalue weighted by atomic mass is 10.3. The van der Waals surface area contributed by atoms with E-state index in [1.165, 1.54) is 0 Å². The molecule has 1 N–H and O–H groups in total. The van der Waals surface area contributed by atoms with Crippen molar-refractivity contribution in [1.82, 2.24) is 3.90 Å². The molecular formula is C13H27FN2Si3. The van der Waals surface area contributed by atoms with E-state index in [1.807, 2.05) is 30.3 Å². The summed E-state index contributed by atoms with van der Waals surface area (Å²) < 4.78 is 17.7. The number of hydrogen-bond acceptors (Lipinski definition) is 2. The van der Waals surface area contributed by atoms with E-state index in [0.717, 1.165) is 5.69 Å². The minimum absolute atomic E-state index is 0.890. The summed E-state index contributed by atoms with van der Waals surface area (Å²) in [7, 11) is -6.52. The Labute approximate surface area is 120 Å². The summed E-state index contributed by atoms with van der Waals surface area (Å²) in [5, 5.41) is 0. The summed E-state index contributed by atoms with van der Waals surface area (Å²) in [6, 6.07) is 9.73. The van der Waals surface area contributed by atoms with E-state index in [0.29, 0.717) is 0 Å². The monoisotopic (exact) mass is 314 g/mol. The largest absolute Gasteiger partial charge is 0.412 e. The first-order chi connectivity index (χ1) is 8.44. The van der Waals surface area contributed by atoms with Gasteiger partial charge in [0.1, 0.15) is 16.5 Å². The highest BCUT2D eigenvalue weighted by Crippen LogP contribution is 2.29. The maximum Gasteiger partial charge on any atom is 0.412 e. The summed E-state index contributed by atoms with van der Waals surface area (Å²) in [5.74, 6) is 0. The van der Waals surface area contributed by atoms with Crippen LogP contribution >= 0.6 is 0 Å². The molecule has 108 valence electrons. The Balaban J connectivity index is 3.07. The molecular weight excluding hydrogens is 287 g/mol.